The molecule has 4 rings (SSSR count). The third-order valence-electron chi connectivity index (χ3n) is 5.44. The summed E-state index contributed by atoms with van der Waals surface area (Å²) in [6.45, 7) is 3.52. The predicted molar refractivity (Wildman–Crippen MR) is 128 cm³/mol. The van der Waals surface area contributed by atoms with E-state index in [-0.39, 0.29) is 21.4 Å². The molecular formula is C25H23AsN2O6. The van der Waals surface area contributed by atoms with Gasteiger partial charge in [0.2, 0.25) is 0 Å². The Morgan fingerprint density at radius 1 is 1.03 bits per heavy atom. The fraction of sp³-hybridized carbons (Fsp3) is 0.120. The van der Waals surface area contributed by atoms with Crippen LogP contribution in [0, 0.1) is 6.92 Å². The molecule has 174 valence electrons. The fourth-order valence-corrected chi connectivity index (χ4v) is 5.91. The maximum atomic E-state index is 13.2. The van der Waals surface area contributed by atoms with Crippen LogP contribution in [0.15, 0.2) is 72.8 Å². The molecule has 0 spiro atoms. The summed E-state index contributed by atoms with van der Waals surface area (Å²) in [5, 5.41) is 12.9. The Morgan fingerprint density at radius 3 is 2.41 bits per heavy atom. The third-order valence-corrected chi connectivity index (χ3v) is 8.26. The van der Waals surface area contributed by atoms with Gasteiger partial charge in [-0.1, -0.05) is 0 Å². The van der Waals surface area contributed by atoms with E-state index in [9.17, 15) is 22.5 Å². The zero-order valence-electron chi connectivity index (χ0n) is 18.6. The summed E-state index contributed by atoms with van der Waals surface area (Å²) in [4.78, 5) is 24.5. The van der Waals surface area contributed by atoms with Gasteiger partial charge in [-0.25, -0.2) is 0 Å². The van der Waals surface area contributed by atoms with Crippen LogP contribution in [0.4, 0.5) is 5.69 Å². The van der Waals surface area contributed by atoms with Crippen LogP contribution in [-0.2, 0) is 18.8 Å². The van der Waals surface area contributed by atoms with E-state index in [1.807, 2.05) is 47.0 Å². The van der Waals surface area contributed by atoms with Crippen molar-refractivity contribution in [2.45, 2.75) is 20.4 Å². The number of fused-ring (bicyclic) bond motifs is 1. The van der Waals surface area contributed by atoms with E-state index < -0.39 is 26.0 Å². The summed E-state index contributed by atoms with van der Waals surface area (Å²) in [6, 6.07) is 20.5. The zero-order chi connectivity index (χ0) is 24.5. The first-order chi connectivity index (χ1) is 16.2. The van der Waals surface area contributed by atoms with E-state index in [0.717, 1.165) is 23.2 Å². The van der Waals surface area contributed by atoms with Gasteiger partial charge in [0.25, 0.3) is 0 Å². The number of benzene rings is 3. The summed E-state index contributed by atoms with van der Waals surface area (Å²) < 4.78 is 30.7. The van der Waals surface area contributed by atoms with Gasteiger partial charge < -0.3 is 0 Å². The second kappa shape index (κ2) is 9.25. The number of hydrogen-bond acceptors (Lipinski definition) is 5. The fourth-order valence-electron chi connectivity index (χ4n) is 3.86. The normalized spacial score (nSPS) is 12.8. The Hall–Kier alpha value is -3.74. The number of para-hydroxylation sites is 1. The van der Waals surface area contributed by atoms with Crippen molar-refractivity contribution in [3.05, 3.63) is 89.6 Å². The molecule has 0 saturated carbocycles. The number of carbonyl (C=O) groups is 2. The minimum absolute atomic E-state index is 0.0487. The van der Waals surface area contributed by atoms with Crippen molar-refractivity contribution in [1.82, 2.24) is 4.57 Å². The van der Waals surface area contributed by atoms with E-state index >= 15 is 0 Å². The van der Waals surface area contributed by atoms with Crippen molar-refractivity contribution in [3.8, 4) is 5.75 Å². The molecule has 1 atom stereocenters. The van der Waals surface area contributed by atoms with E-state index in [1.54, 1.807) is 19.1 Å². The molecule has 3 N–H and O–H groups in total. The number of phenols is 1. The average molecular weight is 522 g/mol. The molecule has 9 heteroatoms. The van der Waals surface area contributed by atoms with Gasteiger partial charge >= 0.3 is 199 Å². The molecule has 1 aromatic heterocycles. The predicted octanol–water partition coefficient (Wildman–Crippen LogP) is 3.09. The first kappa shape index (κ1) is 23.4. The van der Waals surface area contributed by atoms with Crippen LogP contribution in [-0.4, -0.2) is 39.8 Å². The molecule has 0 radical (unpaired) electrons. The SMILES string of the molecule is CC(=O)Nc1cc([As](=O)(O)OC(=O)c2c(C)n(Cc3ccccc3)c3ccccc23)ccc1O. The standard InChI is InChI=1S/C25H23AsN2O6/c1-16-24(20-10-6-7-11-22(20)28(16)15-18-8-4-3-5-9-18)25(31)34-26(32,33)19-12-13-23(30)21(14-19)27-17(2)29/h3-14,30H,15H2,1-2H3,(H,27,29)(H,32,33). The van der Waals surface area contributed by atoms with Gasteiger partial charge in [0, 0.05) is 0 Å². The Labute approximate surface area is 198 Å². The molecule has 0 fully saturated rings. The molecule has 34 heavy (non-hydrogen) atoms. The van der Waals surface area contributed by atoms with E-state index in [2.05, 4.69) is 5.32 Å². The first-order valence-electron chi connectivity index (χ1n) is 10.5. The first-order valence-corrected chi connectivity index (χ1v) is 13.8. The van der Waals surface area contributed by atoms with E-state index in [0.29, 0.717) is 17.6 Å². The van der Waals surface area contributed by atoms with Gasteiger partial charge in [-0.2, -0.15) is 0 Å². The van der Waals surface area contributed by atoms with Gasteiger partial charge in [-0.15, -0.1) is 0 Å². The minimum atomic E-state index is -5.39. The van der Waals surface area contributed by atoms with Crippen LogP contribution >= 0.6 is 0 Å². The number of hydrogen-bond donors (Lipinski definition) is 3. The number of phenolic OH excluding ortho intramolecular Hbond substituents is 1. The molecule has 4 aromatic rings. The van der Waals surface area contributed by atoms with Crippen LogP contribution in [0.5, 0.6) is 5.75 Å². The summed E-state index contributed by atoms with van der Waals surface area (Å²) >= 11 is -5.39. The van der Waals surface area contributed by atoms with E-state index in [4.69, 9.17) is 3.73 Å². The molecule has 0 aliphatic carbocycles. The number of amides is 1. The molecule has 1 amide bonds. The monoisotopic (exact) mass is 522 g/mol. The molecule has 0 saturated heterocycles. The molecular weight excluding hydrogens is 499 g/mol. The van der Waals surface area contributed by atoms with Gasteiger partial charge in [-0.3, -0.25) is 0 Å². The van der Waals surface area contributed by atoms with Gasteiger partial charge in [0.05, 0.1) is 0 Å². The van der Waals surface area contributed by atoms with Crippen LogP contribution in [0.25, 0.3) is 10.9 Å². The summed E-state index contributed by atoms with van der Waals surface area (Å²) in [6.07, 6.45) is 0. The topological polar surface area (TPSA) is 118 Å². The number of aromatic hydroxyl groups is 1. The number of aromatic nitrogens is 1. The molecule has 0 bridgehead atoms. The Balaban J connectivity index is 1.70. The quantitative estimate of drug-likeness (QED) is 0.265. The van der Waals surface area contributed by atoms with Crippen LogP contribution < -0.4 is 9.67 Å². The van der Waals surface area contributed by atoms with Crippen molar-refractivity contribution in [3.63, 3.8) is 0 Å². The van der Waals surface area contributed by atoms with Crippen LogP contribution in [0.1, 0.15) is 28.5 Å². The maximum absolute atomic E-state index is 13.2. The number of rotatable bonds is 6. The summed E-state index contributed by atoms with van der Waals surface area (Å²) in [5.74, 6) is -1.66. The Morgan fingerprint density at radius 2 is 1.71 bits per heavy atom. The Kier molecular flexibility index (Phi) is 6.37. The second-order valence-electron chi connectivity index (χ2n) is 7.83. The van der Waals surface area contributed by atoms with Gasteiger partial charge in [0.1, 0.15) is 0 Å². The number of nitrogens with one attached hydrogen (secondary N) is 1. The summed E-state index contributed by atoms with van der Waals surface area (Å²) in [5.41, 5.74) is 2.61. The second-order valence-corrected chi connectivity index (χ2v) is 11.5. The van der Waals surface area contributed by atoms with Crippen molar-refractivity contribution in [2.75, 3.05) is 5.32 Å². The zero-order valence-corrected chi connectivity index (χ0v) is 20.4. The Bertz CT molecular complexity index is 1440. The van der Waals surface area contributed by atoms with Crippen molar-refractivity contribution in [1.29, 1.82) is 0 Å². The van der Waals surface area contributed by atoms with Crippen molar-refractivity contribution >= 4 is 47.0 Å². The van der Waals surface area contributed by atoms with Gasteiger partial charge in [-0.05, 0) is 0 Å². The number of nitrogens with zero attached hydrogens (tertiary/aromatic N) is 1. The van der Waals surface area contributed by atoms with E-state index in [1.165, 1.54) is 13.0 Å². The van der Waals surface area contributed by atoms with Crippen molar-refractivity contribution in [2.24, 2.45) is 0 Å². The molecule has 1 unspecified atom stereocenters. The molecule has 0 aliphatic heterocycles. The number of carbonyl (C=O) groups excluding carboxylic acids is 2. The summed E-state index contributed by atoms with van der Waals surface area (Å²) in [7, 11) is 0. The third kappa shape index (κ3) is 4.64. The van der Waals surface area contributed by atoms with Crippen LogP contribution in [0.3, 0.4) is 0 Å². The molecule has 3 aromatic carbocycles. The van der Waals surface area contributed by atoms with Crippen LogP contribution in [0.2, 0.25) is 0 Å². The molecule has 8 nitrogen and oxygen atoms in total. The van der Waals surface area contributed by atoms with Gasteiger partial charge in [0.15, 0.2) is 0 Å². The molecule has 0 aliphatic rings. The average Bonchev–Trinajstić information content (AvgIpc) is 3.07. The van der Waals surface area contributed by atoms with Crippen molar-refractivity contribution < 1.29 is 26.3 Å². The number of anilines is 1. The molecule has 1 heterocycles.